The van der Waals surface area contributed by atoms with Crippen LogP contribution in [0.4, 0.5) is 0 Å². The molecule has 2 aromatic rings. The second-order valence-electron chi connectivity index (χ2n) is 6.56. The fourth-order valence-electron chi connectivity index (χ4n) is 2.72. The summed E-state index contributed by atoms with van der Waals surface area (Å²) in [4.78, 5) is 1.12. The van der Waals surface area contributed by atoms with Crippen LogP contribution in [0.1, 0.15) is 16.7 Å². The summed E-state index contributed by atoms with van der Waals surface area (Å²) >= 11 is 2.33. The highest BCUT2D eigenvalue weighted by molar-refractivity contribution is 8.18. The van der Waals surface area contributed by atoms with Gasteiger partial charge in [-0.05, 0) is 49.3 Å². The van der Waals surface area contributed by atoms with Crippen molar-refractivity contribution in [3.05, 3.63) is 82.3 Å². The highest BCUT2D eigenvalue weighted by Gasteiger charge is 2.17. The molecule has 0 saturated heterocycles. The molecule has 0 saturated carbocycles. The lowest BCUT2D eigenvalue weighted by Crippen LogP contribution is -2.08. The zero-order chi connectivity index (χ0) is 21.6. The zero-order valence-corrected chi connectivity index (χ0v) is 19.0. The Balaban J connectivity index is 1.55. The lowest BCUT2D eigenvalue weighted by atomic mass is 10.0. The van der Waals surface area contributed by atoms with E-state index in [4.69, 9.17) is 4.28 Å². The molecule has 0 atom stereocenters. The summed E-state index contributed by atoms with van der Waals surface area (Å²) < 4.78 is 29.9. The van der Waals surface area contributed by atoms with Gasteiger partial charge in [0.15, 0.2) is 9.84 Å². The molecule has 1 aliphatic rings. The predicted molar refractivity (Wildman–Crippen MR) is 125 cm³/mol. The Kier molecular flexibility index (Phi) is 7.43. The summed E-state index contributed by atoms with van der Waals surface area (Å²) in [5, 5.41) is 14.2. The maximum absolute atomic E-state index is 12.3. The van der Waals surface area contributed by atoms with Crippen LogP contribution in [0.25, 0.3) is 5.57 Å². The van der Waals surface area contributed by atoms with Crippen LogP contribution in [-0.4, -0.2) is 25.0 Å². The molecule has 0 aliphatic carbocycles. The lowest BCUT2D eigenvalue weighted by molar-refractivity contribution is 0.408. The van der Waals surface area contributed by atoms with Gasteiger partial charge in [-0.1, -0.05) is 58.9 Å². The molecule has 0 fully saturated rings. The Bertz CT molecular complexity index is 1160. The van der Waals surface area contributed by atoms with Gasteiger partial charge < -0.3 is 4.28 Å². The molecule has 5 nitrogen and oxygen atoms in total. The molecule has 154 valence electrons. The lowest BCUT2D eigenvalue weighted by Gasteiger charge is -2.06. The van der Waals surface area contributed by atoms with E-state index in [9.17, 15) is 13.7 Å². The highest BCUT2D eigenvalue weighted by atomic mass is 32.2. The van der Waals surface area contributed by atoms with Crippen molar-refractivity contribution in [2.45, 2.75) is 18.7 Å². The highest BCUT2D eigenvalue weighted by Crippen LogP contribution is 2.35. The van der Waals surface area contributed by atoms with E-state index >= 15 is 0 Å². The third kappa shape index (κ3) is 5.57. The molecule has 0 radical (unpaired) electrons. The maximum Gasteiger partial charge on any atom is 0.179 e. The van der Waals surface area contributed by atoms with Gasteiger partial charge in [-0.2, -0.15) is 5.26 Å². The number of thioether (sulfide) groups is 1. The molecular formula is C22H20N2O3S3. The second-order valence-corrected chi connectivity index (χ2v) is 10.5. The number of hydrogen-bond acceptors (Lipinski definition) is 7. The largest absolute Gasteiger partial charge is 0.321 e. The van der Waals surface area contributed by atoms with Crippen molar-refractivity contribution in [2.75, 3.05) is 11.5 Å². The number of aryl methyl sites for hydroxylation is 2. The van der Waals surface area contributed by atoms with Crippen molar-refractivity contribution >= 4 is 44.3 Å². The number of nitriles is 1. The molecule has 0 spiro atoms. The second kappa shape index (κ2) is 10.0. The SMILES string of the molecule is Cc1ccc(S(=O)(=O)CCSON=C2C=CC(=C(C#N)c3ccccc3C)S2)cc1. The molecule has 0 bridgehead atoms. The quantitative estimate of drug-likeness (QED) is 0.244. The number of benzene rings is 2. The van der Waals surface area contributed by atoms with E-state index in [0.717, 1.165) is 33.6 Å². The Hall–Kier alpha value is -2.47. The van der Waals surface area contributed by atoms with Crippen LogP contribution >= 0.6 is 23.8 Å². The van der Waals surface area contributed by atoms with Gasteiger partial charge in [-0.3, -0.25) is 0 Å². The first-order valence-corrected chi connectivity index (χ1v) is 12.5. The summed E-state index contributed by atoms with van der Waals surface area (Å²) in [6, 6.07) is 16.8. The molecule has 8 heteroatoms. The minimum atomic E-state index is -3.35. The van der Waals surface area contributed by atoms with Gasteiger partial charge in [-0.15, -0.1) is 0 Å². The van der Waals surface area contributed by atoms with E-state index < -0.39 is 9.84 Å². The van der Waals surface area contributed by atoms with Crippen LogP contribution in [0.2, 0.25) is 0 Å². The van der Waals surface area contributed by atoms with Crippen molar-refractivity contribution in [2.24, 2.45) is 5.16 Å². The van der Waals surface area contributed by atoms with Gasteiger partial charge in [0.25, 0.3) is 0 Å². The summed E-state index contributed by atoms with van der Waals surface area (Å²) in [5.74, 6) is 0.225. The first-order chi connectivity index (χ1) is 14.4. The molecule has 0 unspecified atom stereocenters. The minimum Gasteiger partial charge on any atom is -0.321 e. The van der Waals surface area contributed by atoms with Gasteiger partial charge >= 0.3 is 0 Å². The molecule has 2 aromatic carbocycles. The van der Waals surface area contributed by atoms with Gasteiger partial charge in [0, 0.05) is 10.7 Å². The average Bonchev–Trinajstić information content (AvgIpc) is 3.18. The summed E-state index contributed by atoms with van der Waals surface area (Å²) in [6.45, 7) is 3.88. The number of oxime groups is 1. The third-order valence-electron chi connectivity index (χ3n) is 4.36. The fraction of sp³-hybridized carbons (Fsp3) is 0.182. The molecule has 1 aliphatic heterocycles. The van der Waals surface area contributed by atoms with E-state index in [1.807, 2.05) is 44.2 Å². The number of allylic oxidation sites excluding steroid dienone is 2. The van der Waals surface area contributed by atoms with Crippen LogP contribution in [0.15, 0.2) is 75.6 Å². The Morgan fingerprint density at radius 2 is 1.87 bits per heavy atom. The molecule has 0 N–H and O–H groups in total. The van der Waals surface area contributed by atoms with E-state index in [1.54, 1.807) is 30.3 Å². The summed E-state index contributed by atoms with van der Waals surface area (Å²) in [7, 11) is -3.35. The van der Waals surface area contributed by atoms with Crippen molar-refractivity contribution < 1.29 is 12.7 Å². The first-order valence-electron chi connectivity index (χ1n) is 9.13. The van der Waals surface area contributed by atoms with E-state index in [-0.39, 0.29) is 11.5 Å². The van der Waals surface area contributed by atoms with Crippen LogP contribution in [-0.2, 0) is 14.1 Å². The van der Waals surface area contributed by atoms with Crippen LogP contribution in [0.3, 0.4) is 0 Å². The molecule has 0 amide bonds. The first kappa shape index (κ1) is 22.2. The van der Waals surface area contributed by atoms with Gasteiger partial charge in [0.1, 0.15) is 11.1 Å². The summed E-state index contributed by atoms with van der Waals surface area (Å²) in [5.41, 5.74) is 3.53. The molecule has 30 heavy (non-hydrogen) atoms. The summed E-state index contributed by atoms with van der Waals surface area (Å²) in [6.07, 6.45) is 3.61. The third-order valence-corrected chi connectivity index (χ3v) is 7.88. The van der Waals surface area contributed by atoms with Crippen molar-refractivity contribution in [1.29, 1.82) is 5.26 Å². The van der Waals surface area contributed by atoms with Gasteiger partial charge in [0.2, 0.25) is 0 Å². The number of rotatable bonds is 7. The van der Waals surface area contributed by atoms with E-state index in [1.165, 1.54) is 11.8 Å². The molecule has 0 aromatic heterocycles. The average molecular weight is 457 g/mol. The smallest absolute Gasteiger partial charge is 0.179 e. The number of hydrogen-bond donors (Lipinski definition) is 0. The van der Waals surface area contributed by atoms with Crippen LogP contribution in [0.5, 0.6) is 0 Å². The normalized spacial score (nSPS) is 16.5. The Labute approximate surface area is 185 Å². The fourth-order valence-corrected chi connectivity index (χ4v) is 5.74. The van der Waals surface area contributed by atoms with Crippen molar-refractivity contribution in [1.82, 2.24) is 0 Å². The van der Waals surface area contributed by atoms with Gasteiger partial charge in [-0.25, -0.2) is 8.42 Å². The standard InChI is InChI=1S/C22H20N2O3S3/c1-16-7-9-18(10-8-16)30(25,26)14-13-28-27-24-22-12-11-21(29-22)20(15-23)19-6-4-3-5-17(19)2/h3-12H,13-14H2,1-2H3. The van der Waals surface area contributed by atoms with Crippen molar-refractivity contribution in [3.8, 4) is 6.07 Å². The van der Waals surface area contributed by atoms with E-state index in [0.29, 0.717) is 15.5 Å². The Morgan fingerprint density at radius 3 is 2.57 bits per heavy atom. The van der Waals surface area contributed by atoms with Crippen LogP contribution < -0.4 is 0 Å². The Morgan fingerprint density at radius 1 is 1.13 bits per heavy atom. The monoisotopic (exact) mass is 456 g/mol. The van der Waals surface area contributed by atoms with Crippen molar-refractivity contribution in [3.63, 3.8) is 0 Å². The molecular weight excluding hydrogens is 436 g/mol. The topological polar surface area (TPSA) is 79.5 Å². The minimum absolute atomic E-state index is 0.0361. The molecule has 1 heterocycles. The maximum atomic E-state index is 12.3. The number of nitrogens with zero attached hydrogens (tertiary/aromatic N) is 2. The molecule has 3 rings (SSSR count). The van der Waals surface area contributed by atoms with Gasteiger partial charge in [0.05, 0.1) is 28.3 Å². The van der Waals surface area contributed by atoms with Crippen LogP contribution in [0, 0.1) is 25.2 Å². The predicted octanol–water partition coefficient (Wildman–Crippen LogP) is 5.29. The van der Waals surface area contributed by atoms with E-state index in [2.05, 4.69) is 11.2 Å². The number of sulfone groups is 1. The zero-order valence-electron chi connectivity index (χ0n) is 16.5.